The van der Waals surface area contributed by atoms with Crippen LogP contribution >= 0.6 is 0 Å². The van der Waals surface area contributed by atoms with E-state index in [1.807, 2.05) is 7.05 Å². The number of rotatable bonds is 8. The van der Waals surface area contributed by atoms with Gasteiger partial charge < -0.3 is 19.7 Å². The number of aliphatic imine (C=N–C) groups is 1. The Kier molecular flexibility index (Phi) is 8.92. The van der Waals surface area contributed by atoms with E-state index in [1.165, 1.54) is 16.7 Å². The summed E-state index contributed by atoms with van der Waals surface area (Å²) < 4.78 is 11.0. The highest BCUT2D eigenvalue weighted by molar-refractivity contribution is 5.79. The van der Waals surface area contributed by atoms with Crippen molar-refractivity contribution in [3.05, 3.63) is 34.9 Å². The van der Waals surface area contributed by atoms with Crippen molar-refractivity contribution in [3.63, 3.8) is 0 Å². The molecule has 1 aliphatic heterocycles. The second kappa shape index (κ2) is 11.2. The van der Waals surface area contributed by atoms with Crippen molar-refractivity contribution in [1.29, 1.82) is 0 Å². The van der Waals surface area contributed by atoms with Crippen molar-refractivity contribution in [3.8, 4) is 0 Å². The van der Waals surface area contributed by atoms with Gasteiger partial charge in [-0.1, -0.05) is 29.3 Å². The number of piperidine rings is 1. The molecule has 0 aliphatic carbocycles. The zero-order valence-corrected chi connectivity index (χ0v) is 16.9. The Morgan fingerprint density at radius 3 is 2.46 bits per heavy atom. The van der Waals surface area contributed by atoms with Crippen LogP contribution in [0.1, 0.15) is 36.0 Å². The number of guanidine groups is 1. The summed E-state index contributed by atoms with van der Waals surface area (Å²) in [6, 6.07) is 6.76. The van der Waals surface area contributed by atoms with Crippen LogP contribution in [0.5, 0.6) is 0 Å². The van der Waals surface area contributed by atoms with E-state index in [9.17, 15) is 0 Å². The molecule has 2 rings (SSSR count). The highest BCUT2D eigenvalue weighted by Crippen LogP contribution is 2.14. The zero-order valence-electron chi connectivity index (χ0n) is 16.9. The van der Waals surface area contributed by atoms with Crippen molar-refractivity contribution in [2.24, 2.45) is 4.99 Å². The van der Waals surface area contributed by atoms with Crippen LogP contribution in [-0.4, -0.2) is 64.0 Å². The molecule has 0 atom stereocenters. The minimum atomic E-state index is 0.372. The van der Waals surface area contributed by atoms with Crippen LogP contribution in [0.15, 0.2) is 23.2 Å². The maximum absolute atomic E-state index is 5.94. The largest absolute Gasteiger partial charge is 0.385 e. The minimum absolute atomic E-state index is 0.372. The lowest BCUT2D eigenvalue weighted by Crippen LogP contribution is -2.47. The van der Waals surface area contributed by atoms with Crippen LogP contribution in [-0.2, 0) is 15.9 Å². The Labute approximate surface area is 158 Å². The van der Waals surface area contributed by atoms with Gasteiger partial charge in [0.05, 0.1) is 6.10 Å². The maximum Gasteiger partial charge on any atom is 0.193 e. The van der Waals surface area contributed by atoms with E-state index in [4.69, 9.17) is 9.47 Å². The molecule has 1 fully saturated rings. The summed E-state index contributed by atoms with van der Waals surface area (Å²) in [6.45, 7) is 8.78. The second-order valence-corrected chi connectivity index (χ2v) is 7.12. The lowest BCUT2D eigenvalue weighted by Gasteiger charge is -2.34. The second-order valence-electron chi connectivity index (χ2n) is 7.12. The Morgan fingerprint density at radius 1 is 1.15 bits per heavy atom. The molecule has 1 saturated heterocycles. The van der Waals surface area contributed by atoms with Gasteiger partial charge in [-0.05, 0) is 45.1 Å². The summed E-state index contributed by atoms with van der Waals surface area (Å²) in [5, 5.41) is 3.52. The van der Waals surface area contributed by atoms with E-state index >= 15 is 0 Å². The summed E-state index contributed by atoms with van der Waals surface area (Å²) in [5.74, 6) is 1.01. The van der Waals surface area contributed by atoms with Gasteiger partial charge in [-0.15, -0.1) is 0 Å². The van der Waals surface area contributed by atoms with Gasteiger partial charge in [-0.25, -0.2) is 0 Å². The predicted molar refractivity (Wildman–Crippen MR) is 108 cm³/mol. The van der Waals surface area contributed by atoms with Crippen molar-refractivity contribution in [2.45, 2.75) is 45.6 Å². The van der Waals surface area contributed by atoms with Crippen LogP contribution in [0, 0.1) is 13.8 Å². The average Bonchev–Trinajstić information content (AvgIpc) is 2.62. The number of likely N-dealkylation sites (tertiary alicyclic amines) is 1. The van der Waals surface area contributed by atoms with Crippen LogP contribution in [0.2, 0.25) is 0 Å². The number of nitrogens with one attached hydrogen (secondary N) is 1. The standard InChI is InChI=1S/C21H35N3O2/c1-17-14-18(2)16-19(15-17)6-9-23-21(22-3)24-10-7-20(8-11-24)26-13-5-12-25-4/h14-16,20H,5-13H2,1-4H3,(H,22,23). The fraction of sp³-hybridized carbons (Fsp3) is 0.667. The molecule has 0 unspecified atom stereocenters. The van der Waals surface area contributed by atoms with Gasteiger partial charge in [0.1, 0.15) is 0 Å². The number of aryl methyl sites for hydroxylation is 2. The van der Waals surface area contributed by atoms with Gasteiger partial charge >= 0.3 is 0 Å². The van der Waals surface area contributed by atoms with Gasteiger partial charge in [0, 0.05) is 47.0 Å². The number of ether oxygens (including phenoxy) is 2. The van der Waals surface area contributed by atoms with Gasteiger partial charge in [-0.3, -0.25) is 4.99 Å². The van der Waals surface area contributed by atoms with Crippen LogP contribution < -0.4 is 5.32 Å². The monoisotopic (exact) mass is 361 g/mol. The molecule has 1 N–H and O–H groups in total. The van der Waals surface area contributed by atoms with E-state index in [1.54, 1.807) is 7.11 Å². The molecule has 5 heteroatoms. The fourth-order valence-electron chi connectivity index (χ4n) is 3.55. The number of nitrogens with zero attached hydrogens (tertiary/aromatic N) is 2. The molecule has 0 amide bonds. The minimum Gasteiger partial charge on any atom is -0.385 e. The molecule has 0 radical (unpaired) electrons. The summed E-state index contributed by atoms with van der Waals surface area (Å²) >= 11 is 0. The van der Waals surface area contributed by atoms with E-state index in [0.29, 0.717) is 6.10 Å². The smallest absolute Gasteiger partial charge is 0.193 e. The summed E-state index contributed by atoms with van der Waals surface area (Å²) in [7, 11) is 3.60. The Bertz CT molecular complexity index is 546. The molecule has 26 heavy (non-hydrogen) atoms. The lowest BCUT2D eigenvalue weighted by molar-refractivity contribution is 0.00992. The van der Waals surface area contributed by atoms with Crippen LogP contribution in [0.4, 0.5) is 0 Å². The Hall–Kier alpha value is -1.59. The van der Waals surface area contributed by atoms with Crippen molar-refractivity contribution in [2.75, 3.05) is 47.0 Å². The van der Waals surface area contributed by atoms with E-state index < -0.39 is 0 Å². The highest BCUT2D eigenvalue weighted by Gasteiger charge is 2.21. The first-order valence-electron chi connectivity index (χ1n) is 9.75. The molecule has 1 aliphatic rings. The van der Waals surface area contributed by atoms with E-state index in [0.717, 1.165) is 64.5 Å². The molecule has 1 aromatic rings. The first-order chi connectivity index (χ1) is 12.6. The maximum atomic E-state index is 5.94. The Morgan fingerprint density at radius 2 is 1.85 bits per heavy atom. The van der Waals surface area contributed by atoms with Gasteiger partial charge in [0.15, 0.2) is 5.96 Å². The average molecular weight is 362 g/mol. The molecule has 0 bridgehead atoms. The summed E-state index contributed by atoms with van der Waals surface area (Å²) in [4.78, 5) is 6.81. The molecule has 0 aromatic heterocycles. The van der Waals surface area contributed by atoms with E-state index in [-0.39, 0.29) is 0 Å². The number of methoxy groups -OCH3 is 1. The molecule has 146 valence electrons. The molecule has 0 saturated carbocycles. The summed E-state index contributed by atoms with van der Waals surface area (Å²) in [6.07, 6.45) is 4.48. The number of hydrogen-bond donors (Lipinski definition) is 1. The fourth-order valence-corrected chi connectivity index (χ4v) is 3.55. The number of benzene rings is 1. The molecular weight excluding hydrogens is 326 g/mol. The van der Waals surface area contributed by atoms with Crippen molar-refractivity contribution < 1.29 is 9.47 Å². The molecule has 1 aromatic carbocycles. The third-order valence-corrected chi connectivity index (χ3v) is 4.78. The first-order valence-corrected chi connectivity index (χ1v) is 9.75. The van der Waals surface area contributed by atoms with Crippen LogP contribution in [0.3, 0.4) is 0 Å². The quantitative estimate of drug-likeness (QED) is 0.439. The predicted octanol–water partition coefficient (Wildman–Crippen LogP) is 2.94. The number of hydrogen-bond acceptors (Lipinski definition) is 3. The summed E-state index contributed by atoms with van der Waals surface area (Å²) in [5.41, 5.74) is 4.04. The topological polar surface area (TPSA) is 46.1 Å². The normalized spacial score (nSPS) is 16.2. The van der Waals surface area contributed by atoms with E-state index in [2.05, 4.69) is 47.3 Å². The molecule has 5 nitrogen and oxygen atoms in total. The third-order valence-electron chi connectivity index (χ3n) is 4.78. The lowest BCUT2D eigenvalue weighted by atomic mass is 10.1. The first kappa shape index (κ1) is 20.7. The highest BCUT2D eigenvalue weighted by atomic mass is 16.5. The van der Waals surface area contributed by atoms with Gasteiger partial charge in [0.2, 0.25) is 0 Å². The van der Waals surface area contributed by atoms with Crippen LogP contribution in [0.25, 0.3) is 0 Å². The zero-order chi connectivity index (χ0) is 18.8. The SMILES string of the molecule is CN=C(NCCc1cc(C)cc(C)c1)N1CCC(OCCCOC)CC1. The molecular formula is C21H35N3O2. The van der Waals surface area contributed by atoms with Gasteiger partial charge in [-0.2, -0.15) is 0 Å². The molecule has 1 heterocycles. The van der Waals surface area contributed by atoms with Gasteiger partial charge in [0.25, 0.3) is 0 Å². The van der Waals surface area contributed by atoms with Crippen molar-refractivity contribution in [1.82, 2.24) is 10.2 Å². The Balaban J connectivity index is 1.70. The third kappa shape index (κ3) is 6.96. The van der Waals surface area contributed by atoms with Crippen molar-refractivity contribution >= 4 is 5.96 Å². The molecule has 0 spiro atoms.